The van der Waals surface area contributed by atoms with Gasteiger partial charge >= 0.3 is 0 Å². The lowest BCUT2D eigenvalue weighted by molar-refractivity contribution is -0.130. The SMILES string of the molecule is CCN(CC)C(=O)CCNCc1ccc(C#N)s1. The molecule has 0 spiro atoms. The van der Waals surface area contributed by atoms with Gasteiger partial charge in [0, 0.05) is 37.5 Å². The minimum Gasteiger partial charge on any atom is -0.343 e. The van der Waals surface area contributed by atoms with Crippen molar-refractivity contribution < 1.29 is 4.79 Å². The van der Waals surface area contributed by atoms with Crippen LogP contribution in [0.25, 0.3) is 0 Å². The number of hydrogen-bond donors (Lipinski definition) is 1. The first-order valence-electron chi connectivity index (χ1n) is 6.18. The fraction of sp³-hybridized carbons (Fsp3) is 0.538. The van der Waals surface area contributed by atoms with Gasteiger partial charge in [0.25, 0.3) is 0 Å². The van der Waals surface area contributed by atoms with Crippen molar-refractivity contribution in [1.82, 2.24) is 10.2 Å². The van der Waals surface area contributed by atoms with Gasteiger partial charge in [-0.3, -0.25) is 4.79 Å². The van der Waals surface area contributed by atoms with Crippen LogP contribution in [0.4, 0.5) is 0 Å². The zero-order valence-corrected chi connectivity index (χ0v) is 11.7. The quantitative estimate of drug-likeness (QED) is 0.767. The molecule has 1 N–H and O–H groups in total. The lowest BCUT2D eigenvalue weighted by Crippen LogP contribution is -2.32. The maximum absolute atomic E-state index is 11.7. The van der Waals surface area contributed by atoms with Crippen LogP contribution in [0.3, 0.4) is 0 Å². The molecule has 0 fully saturated rings. The van der Waals surface area contributed by atoms with Crippen molar-refractivity contribution >= 4 is 17.2 Å². The molecule has 0 atom stereocenters. The van der Waals surface area contributed by atoms with E-state index in [-0.39, 0.29) is 5.91 Å². The predicted octanol–water partition coefficient (Wildman–Crippen LogP) is 1.97. The highest BCUT2D eigenvalue weighted by molar-refractivity contribution is 7.12. The minimum atomic E-state index is 0.191. The second-order valence-corrected chi connectivity index (χ2v) is 5.04. The van der Waals surface area contributed by atoms with E-state index in [4.69, 9.17) is 5.26 Å². The van der Waals surface area contributed by atoms with Crippen LogP contribution in [0.5, 0.6) is 0 Å². The summed E-state index contributed by atoms with van der Waals surface area (Å²) in [7, 11) is 0. The van der Waals surface area contributed by atoms with Crippen LogP contribution in [0.2, 0.25) is 0 Å². The Balaban J connectivity index is 2.22. The number of amides is 1. The first-order valence-corrected chi connectivity index (χ1v) is 7.00. The number of carbonyl (C=O) groups excluding carboxylic acids is 1. The molecule has 1 aromatic rings. The minimum absolute atomic E-state index is 0.191. The smallest absolute Gasteiger partial charge is 0.223 e. The number of thiophene rings is 1. The van der Waals surface area contributed by atoms with Gasteiger partial charge in [0.05, 0.1) is 0 Å². The predicted molar refractivity (Wildman–Crippen MR) is 73.3 cm³/mol. The van der Waals surface area contributed by atoms with E-state index in [0.717, 1.165) is 29.4 Å². The average Bonchev–Trinajstić information content (AvgIpc) is 2.84. The van der Waals surface area contributed by atoms with Crippen molar-refractivity contribution in [3.63, 3.8) is 0 Å². The van der Waals surface area contributed by atoms with Gasteiger partial charge in [0.2, 0.25) is 5.91 Å². The highest BCUT2D eigenvalue weighted by Gasteiger charge is 2.08. The molecule has 0 saturated carbocycles. The summed E-state index contributed by atoms with van der Waals surface area (Å²) in [5, 5.41) is 11.9. The Morgan fingerprint density at radius 1 is 1.44 bits per heavy atom. The lowest BCUT2D eigenvalue weighted by Gasteiger charge is -2.18. The molecule has 0 aliphatic heterocycles. The van der Waals surface area contributed by atoms with E-state index in [2.05, 4.69) is 11.4 Å². The van der Waals surface area contributed by atoms with Crippen LogP contribution in [0.1, 0.15) is 30.0 Å². The fourth-order valence-corrected chi connectivity index (χ4v) is 2.45. The van der Waals surface area contributed by atoms with E-state index < -0.39 is 0 Å². The number of carbonyl (C=O) groups is 1. The van der Waals surface area contributed by atoms with Gasteiger partial charge in [-0.15, -0.1) is 11.3 Å². The summed E-state index contributed by atoms with van der Waals surface area (Å²) in [6.07, 6.45) is 0.526. The summed E-state index contributed by atoms with van der Waals surface area (Å²) in [6, 6.07) is 5.89. The molecule has 0 unspecified atom stereocenters. The lowest BCUT2D eigenvalue weighted by atomic mass is 10.3. The number of nitrogens with zero attached hydrogens (tertiary/aromatic N) is 2. The Morgan fingerprint density at radius 2 is 2.17 bits per heavy atom. The van der Waals surface area contributed by atoms with Gasteiger partial charge in [-0.05, 0) is 26.0 Å². The monoisotopic (exact) mass is 265 g/mol. The van der Waals surface area contributed by atoms with Crippen LogP contribution in [0.15, 0.2) is 12.1 Å². The van der Waals surface area contributed by atoms with E-state index in [0.29, 0.717) is 13.0 Å². The van der Waals surface area contributed by atoms with Gasteiger partial charge in [0.15, 0.2) is 0 Å². The first-order chi connectivity index (χ1) is 8.71. The zero-order valence-electron chi connectivity index (χ0n) is 10.9. The average molecular weight is 265 g/mol. The van der Waals surface area contributed by atoms with Crippen LogP contribution < -0.4 is 5.32 Å². The molecule has 0 saturated heterocycles. The maximum atomic E-state index is 11.7. The van der Waals surface area contributed by atoms with Crippen molar-refractivity contribution in [3.05, 3.63) is 21.9 Å². The Morgan fingerprint density at radius 3 is 2.72 bits per heavy atom. The summed E-state index contributed by atoms with van der Waals surface area (Å²) in [6.45, 7) is 6.92. The molecular formula is C13H19N3OS. The van der Waals surface area contributed by atoms with Gasteiger partial charge < -0.3 is 10.2 Å². The summed E-state index contributed by atoms with van der Waals surface area (Å²) in [5.74, 6) is 0.191. The molecule has 98 valence electrons. The Bertz CT molecular complexity index is 418. The molecule has 1 rings (SSSR count). The van der Waals surface area contributed by atoms with Crippen LogP contribution in [0, 0.1) is 11.3 Å². The zero-order chi connectivity index (χ0) is 13.4. The topological polar surface area (TPSA) is 56.1 Å². The largest absolute Gasteiger partial charge is 0.343 e. The summed E-state index contributed by atoms with van der Waals surface area (Å²) in [5.41, 5.74) is 0. The summed E-state index contributed by atoms with van der Waals surface area (Å²) >= 11 is 1.49. The van der Waals surface area contributed by atoms with Gasteiger partial charge in [-0.2, -0.15) is 5.26 Å². The molecule has 0 bridgehead atoms. The van der Waals surface area contributed by atoms with Crippen molar-refractivity contribution in [1.29, 1.82) is 5.26 Å². The second-order valence-electron chi connectivity index (χ2n) is 3.87. The Labute approximate surface area is 112 Å². The van der Waals surface area contributed by atoms with Gasteiger partial charge in [-0.1, -0.05) is 0 Å². The third-order valence-corrected chi connectivity index (χ3v) is 3.69. The maximum Gasteiger partial charge on any atom is 0.223 e. The molecular weight excluding hydrogens is 246 g/mol. The van der Waals surface area contributed by atoms with Gasteiger partial charge in [-0.25, -0.2) is 0 Å². The van der Waals surface area contributed by atoms with E-state index >= 15 is 0 Å². The molecule has 1 aromatic heterocycles. The molecule has 0 aliphatic carbocycles. The summed E-state index contributed by atoms with van der Waals surface area (Å²) < 4.78 is 0. The fourth-order valence-electron chi connectivity index (χ4n) is 1.67. The van der Waals surface area contributed by atoms with Crippen molar-refractivity contribution in [3.8, 4) is 6.07 Å². The number of rotatable bonds is 7. The third-order valence-electron chi connectivity index (χ3n) is 2.70. The van der Waals surface area contributed by atoms with E-state index in [1.165, 1.54) is 11.3 Å². The van der Waals surface area contributed by atoms with E-state index in [9.17, 15) is 4.79 Å². The van der Waals surface area contributed by atoms with E-state index in [1.807, 2.05) is 30.9 Å². The Hall–Kier alpha value is -1.38. The number of nitrogens with one attached hydrogen (secondary N) is 1. The van der Waals surface area contributed by atoms with Crippen molar-refractivity contribution in [2.45, 2.75) is 26.8 Å². The third kappa shape index (κ3) is 4.47. The van der Waals surface area contributed by atoms with Crippen molar-refractivity contribution in [2.75, 3.05) is 19.6 Å². The first kappa shape index (κ1) is 14.7. The normalized spacial score (nSPS) is 10.1. The van der Waals surface area contributed by atoms with Crippen LogP contribution in [-0.2, 0) is 11.3 Å². The van der Waals surface area contributed by atoms with Crippen LogP contribution in [-0.4, -0.2) is 30.4 Å². The van der Waals surface area contributed by atoms with Crippen molar-refractivity contribution in [2.24, 2.45) is 0 Å². The molecule has 18 heavy (non-hydrogen) atoms. The summed E-state index contributed by atoms with van der Waals surface area (Å²) in [4.78, 5) is 15.4. The van der Waals surface area contributed by atoms with Crippen LogP contribution >= 0.6 is 11.3 Å². The molecule has 1 heterocycles. The molecule has 5 heteroatoms. The standard InChI is InChI=1S/C13H19N3OS/c1-3-16(4-2)13(17)7-8-15-10-12-6-5-11(9-14)18-12/h5-6,15H,3-4,7-8,10H2,1-2H3. The highest BCUT2D eigenvalue weighted by atomic mass is 32.1. The molecule has 1 amide bonds. The second kappa shape index (κ2) is 7.85. The van der Waals surface area contributed by atoms with E-state index in [1.54, 1.807) is 0 Å². The number of hydrogen-bond acceptors (Lipinski definition) is 4. The molecule has 0 aliphatic rings. The highest BCUT2D eigenvalue weighted by Crippen LogP contribution is 2.14. The number of nitriles is 1. The molecule has 4 nitrogen and oxygen atoms in total. The Kier molecular flexibility index (Phi) is 6.40. The molecule has 0 aromatic carbocycles. The molecule has 0 radical (unpaired) electrons. The van der Waals surface area contributed by atoms with Gasteiger partial charge in [0.1, 0.15) is 10.9 Å².